The van der Waals surface area contributed by atoms with Gasteiger partial charge in [0.15, 0.2) is 0 Å². The van der Waals surface area contributed by atoms with Crippen molar-refractivity contribution >= 4 is 17.9 Å². The third-order valence-electron chi connectivity index (χ3n) is 6.32. The zero-order valence-electron chi connectivity index (χ0n) is 20.3. The Labute approximate surface area is 208 Å². The zero-order chi connectivity index (χ0) is 26.2. The van der Waals surface area contributed by atoms with Crippen LogP contribution in [0, 0.1) is 11.6 Å². The first-order valence-corrected chi connectivity index (χ1v) is 11.6. The third kappa shape index (κ3) is 5.44. The van der Waals surface area contributed by atoms with Gasteiger partial charge in [-0.15, -0.1) is 0 Å². The van der Waals surface area contributed by atoms with Crippen LogP contribution in [0.3, 0.4) is 0 Å². The van der Waals surface area contributed by atoms with Gasteiger partial charge < -0.3 is 10.8 Å². The van der Waals surface area contributed by atoms with Gasteiger partial charge in [0.1, 0.15) is 23.1 Å². The van der Waals surface area contributed by atoms with Gasteiger partial charge in [-0.2, -0.15) is 0 Å². The van der Waals surface area contributed by atoms with Crippen molar-refractivity contribution in [1.82, 2.24) is 9.88 Å². The van der Waals surface area contributed by atoms with E-state index in [4.69, 9.17) is 10.8 Å². The lowest BCUT2D eigenvalue weighted by atomic mass is 9.82. The molecule has 2 atom stereocenters. The van der Waals surface area contributed by atoms with Crippen molar-refractivity contribution in [1.29, 1.82) is 0 Å². The van der Waals surface area contributed by atoms with E-state index in [1.807, 2.05) is 31.2 Å². The number of carboxylic acids is 1. The standard InChI is InChI=1S/C28H28F3N3O2/c1-16-10-20-13-18(19-6-8-24(32)33-14-19)5-7-21(20)27(34(16)15-28(2,3)31)26-22(29)11-17(12-23(26)30)4-9-25(35)36/h4-9,11-14,16,27H,10,15H2,1-3H3,(H2,32,33)(H,35,36)/b9-4+/t16-,27+/m0/s1. The van der Waals surface area contributed by atoms with E-state index in [0.717, 1.165) is 41.0 Å². The average Bonchev–Trinajstić information content (AvgIpc) is 2.78. The molecule has 0 amide bonds. The van der Waals surface area contributed by atoms with Crippen molar-refractivity contribution < 1.29 is 23.1 Å². The number of carboxylic acid groups (broad SMARTS) is 1. The number of pyridine rings is 1. The minimum atomic E-state index is -1.60. The number of aliphatic carboxylic acids is 1. The van der Waals surface area contributed by atoms with E-state index in [0.29, 0.717) is 17.8 Å². The molecule has 0 unspecified atom stereocenters. The number of hydrogen-bond donors (Lipinski definition) is 2. The molecule has 3 aromatic rings. The lowest BCUT2D eigenvalue weighted by molar-refractivity contribution is -0.131. The normalized spacial score (nSPS) is 18.4. The van der Waals surface area contributed by atoms with Gasteiger partial charge >= 0.3 is 5.97 Å². The van der Waals surface area contributed by atoms with Crippen LogP contribution in [0.2, 0.25) is 0 Å². The summed E-state index contributed by atoms with van der Waals surface area (Å²) in [5.74, 6) is -2.46. The Kier molecular flexibility index (Phi) is 6.91. The smallest absolute Gasteiger partial charge is 0.328 e. The Hall–Kier alpha value is -3.65. The number of hydrogen-bond acceptors (Lipinski definition) is 4. The summed E-state index contributed by atoms with van der Waals surface area (Å²) < 4.78 is 45.8. The minimum absolute atomic E-state index is 0.0263. The van der Waals surface area contributed by atoms with E-state index in [1.165, 1.54) is 13.8 Å². The molecule has 8 heteroatoms. The summed E-state index contributed by atoms with van der Waals surface area (Å²) in [6, 6.07) is 10.3. The fourth-order valence-electron chi connectivity index (χ4n) is 4.81. The molecule has 36 heavy (non-hydrogen) atoms. The molecule has 0 spiro atoms. The maximum Gasteiger partial charge on any atom is 0.328 e. The summed E-state index contributed by atoms with van der Waals surface area (Å²) >= 11 is 0. The fourth-order valence-corrected chi connectivity index (χ4v) is 4.81. The lowest BCUT2D eigenvalue weighted by Crippen LogP contribution is -2.48. The highest BCUT2D eigenvalue weighted by molar-refractivity contribution is 5.85. The van der Waals surface area contributed by atoms with Gasteiger partial charge in [0.2, 0.25) is 0 Å². The Morgan fingerprint density at radius 2 is 1.83 bits per heavy atom. The topological polar surface area (TPSA) is 79.4 Å². The molecule has 0 radical (unpaired) electrons. The number of nitrogen functional groups attached to an aromatic ring is 1. The first-order chi connectivity index (χ1) is 16.9. The van der Waals surface area contributed by atoms with E-state index < -0.39 is 29.3 Å². The molecule has 1 aliphatic rings. The van der Waals surface area contributed by atoms with Crippen LogP contribution in [0.4, 0.5) is 19.0 Å². The van der Waals surface area contributed by atoms with Crippen molar-refractivity contribution in [3.63, 3.8) is 0 Å². The second kappa shape index (κ2) is 9.78. The van der Waals surface area contributed by atoms with Gasteiger partial charge in [-0.05, 0) is 79.8 Å². The second-order valence-electron chi connectivity index (χ2n) is 9.80. The van der Waals surface area contributed by atoms with Gasteiger partial charge in [0.25, 0.3) is 0 Å². The average molecular weight is 496 g/mol. The first kappa shape index (κ1) is 25.4. The number of alkyl halides is 1. The first-order valence-electron chi connectivity index (χ1n) is 11.6. The molecular weight excluding hydrogens is 467 g/mol. The number of halogens is 3. The van der Waals surface area contributed by atoms with Crippen LogP contribution in [0.1, 0.15) is 49.1 Å². The number of benzene rings is 2. The molecule has 1 aromatic heterocycles. The predicted molar refractivity (Wildman–Crippen MR) is 134 cm³/mol. The van der Waals surface area contributed by atoms with Crippen LogP contribution in [0.5, 0.6) is 0 Å². The van der Waals surface area contributed by atoms with Crippen LogP contribution in [-0.2, 0) is 11.2 Å². The van der Waals surface area contributed by atoms with Crippen molar-refractivity contribution in [2.75, 3.05) is 12.3 Å². The second-order valence-corrected chi connectivity index (χ2v) is 9.80. The van der Waals surface area contributed by atoms with Crippen molar-refractivity contribution in [3.8, 4) is 11.1 Å². The van der Waals surface area contributed by atoms with Gasteiger partial charge in [-0.25, -0.2) is 22.9 Å². The molecule has 2 aromatic carbocycles. The van der Waals surface area contributed by atoms with Gasteiger partial charge in [0.05, 0.1) is 6.04 Å². The maximum absolute atomic E-state index is 15.5. The molecule has 0 saturated carbocycles. The van der Waals surface area contributed by atoms with E-state index in [-0.39, 0.29) is 23.7 Å². The third-order valence-corrected chi connectivity index (χ3v) is 6.32. The highest BCUT2D eigenvalue weighted by Crippen LogP contribution is 2.42. The van der Waals surface area contributed by atoms with Gasteiger partial charge in [0, 0.05) is 36.0 Å². The van der Waals surface area contributed by atoms with Gasteiger partial charge in [-0.3, -0.25) is 4.90 Å². The molecule has 0 fully saturated rings. The minimum Gasteiger partial charge on any atom is -0.478 e. The summed E-state index contributed by atoms with van der Waals surface area (Å²) in [6.45, 7) is 4.77. The zero-order valence-corrected chi connectivity index (χ0v) is 20.3. The fraction of sp³-hybridized carbons (Fsp3) is 0.286. The van der Waals surface area contributed by atoms with Crippen LogP contribution in [0.25, 0.3) is 17.2 Å². The summed E-state index contributed by atoms with van der Waals surface area (Å²) in [5.41, 5.74) is 7.34. The van der Waals surface area contributed by atoms with Crippen LogP contribution >= 0.6 is 0 Å². The Balaban J connectivity index is 1.85. The van der Waals surface area contributed by atoms with Crippen molar-refractivity contribution in [3.05, 3.63) is 88.6 Å². The van der Waals surface area contributed by atoms with Crippen LogP contribution in [0.15, 0.2) is 54.7 Å². The quantitative estimate of drug-likeness (QED) is 0.423. The van der Waals surface area contributed by atoms with Gasteiger partial charge in [-0.1, -0.05) is 18.2 Å². The molecule has 0 aliphatic carbocycles. The highest BCUT2D eigenvalue weighted by atomic mass is 19.1. The molecule has 188 valence electrons. The molecule has 3 N–H and O–H groups in total. The Bertz CT molecular complexity index is 1290. The summed E-state index contributed by atoms with van der Waals surface area (Å²) in [4.78, 5) is 16.8. The van der Waals surface area contributed by atoms with E-state index in [1.54, 1.807) is 17.2 Å². The predicted octanol–water partition coefficient (Wildman–Crippen LogP) is 5.79. The molecule has 0 bridgehead atoms. The maximum atomic E-state index is 15.5. The largest absolute Gasteiger partial charge is 0.478 e. The molecule has 0 saturated heterocycles. The number of rotatable bonds is 6. The van der Waals surface area contributed by atoms with Crippen molar-refractivity contribution in [2.24, 2.45) is 0 Å². The number of fused-ring (bicyclic) bond motifs is 1. The molecule has 2 heterocycles. The molecule has 1 aliphatic heterocycles. The van der Waals surface area contributed by atoms with E-state index in [2.05, 4.69) is 4.98 Å². The van der Waals surface area contributed by atoms with Crippen LogP contribution in [-0.4, -0.2) is 39.2 Å². The van der Waals surface area contributed by atoms with Crippen molar-refractivity contribution in [2.45, 2.75) is 44.9 Å². The Morgan fingerprint density at radius 3 is 2.42 bits per heavy atom. The number of nitrogens with two attached hydrogens (primary N) is 1. The van der Waals surface area contributed by atoms with Crippen LogP contribution < -0.4 is 5.73 Å². The number of anilines is 1. The summed E-state index contributed by atoms with van der Waals surface area (Å²) in [5, 5.41) is 8.84. The molecule has 5 nitrogen and oxygen atoms in total. The van der Waals surface area contributed by atoms with E-state index >= 15 is 8.78 Å². The number of aromatic nitrogens is 1. The number of nitrogens with zero attached hydrogens (tertiary/aromatic N) is 2. The van der Waals surface area contributed by atoms with E-state index in [9.17, 15) is 9.18 Å². The molecular formula is C28H28F3N3O2. The Morgan fingerprint density at radius 1 is 1.17 bits per heavy atom. The monoisotopic (exact) mass is 495 g/mol. The lowest BCUT2D eigenvalue weighted by Gasteiger charge is -2.44. The summed E-state index contributed by atoms with van der Waals surface area (Å²) in [7, 11) is 0. The molecule has 4 rings (SSSR count). The SMILES string of the molecule is C[C@H]1Cc2cc(-c3ccc(N)nc3)ccc2[C@H](c2c(F)cc(/C=C/C(=O)O)cc2F)N1CC(C)(C)F. The number of carbonyl (C=O) groups is 1. The highest BCUT2D eigenvalue weighted by Gasteiger charge is 2.39. The summed E-state index contributed by atoms with van der Waals surface area (Å²) in [6.07, 6.45) is 4.19.